The number of rotatable bonds is 0. The standard InChI is InChI=1S/C11H17N/c1-8-2-3-10-7-11(12)5-4-9(10)6-8/h4-5,7-10H,2-3,6,12H2,1H3/t8?,9-,10?/m0/s1. The molecule has 1 saturated carbocycles. The molecule has 0 amide bonds. The number of allylic oxidation sites excluding steroid dienone is 3. The van der Waals surface area contributed by atoms with Crippen LogP contribution in [0.1, 0.15) is 26.2 Å². The van der Waals surface area contributed by atoms with Crippen LogP contribution in [0, 0.1) is 17.8 Å². The Labute approximate surface area is 74.3 Å². The summed E-state index contributed by atoms with van der Waals surface area (Å²) in [7, 11) is 0. The largest absolute Gasteiger partial charge is 0.399 e. The summed E-state index contributed by atoms with van der Waals surface area (Å²) in [6.07, 6.45) is 10.7. The van der Waals surface area contributed by atoms with Gasteiger partial charge in [0.25, 0.3) is 0 Å². The molecular formula is C11H17N. The number of fused-ring (bicyclic) bond motifs is 1. The summed E-state index contributed by atoms with van der Waals surface area (Å²) >= 11 is 0. The minimum absolute atomic E-state index is 0.742. The predicted molar refractivity (Wildman–Crippen MR) is 51.4 cm³/mol. The zero-order valence-corrected chi connectivity index (χ0v) is 7.66. The van der Waals surface area contributed by atoms with E-state index in [0.29, 0.717) is 0 Å². The van der Waals surface area contributed by atoms with Crippen LogP contribution in [0.3, 0.4) is 0 Å². The van der Waals surface area contributed by atoms with Crippen LogP contribution < -0.4 is 5.73 Å². The zero-order valence-electron chi connectivity index (χ0n) is 7.66. The number of hydrogen-bond donors (Lipinski definition) is 1. The Morgan fingerprint density at radius 3 is 3.00 bits per heavy atom. The van der Waals surface area contributed by atoms with Gasteiger partial charge in [-0.05, 0) is 36.7 Å². The van der Waals surface area contributed by atoms with Crippen LogP contribution in [-0.4, -0.2) is 0 Å². The molecule has 0 heterocycles. The van der Waals surface area contributed by atoms with Gasteiger partial charge in [-0.25, -0.2) is 0 Å². The van der Waals surface area contributed by atoms with Crippen molar-refractivity contribution in [3.63, 3.8) is 0 Å². The monoisotopic (exact) mass is 163 g/mol. The van der Waals surface area contributed by atoms with Crippen molar-refractivity contribution in [2.75, 3.05) is 0 Å². The molecule has 2 rings (SSSR count). The van der Waals surface area contributed by atoms with Crippen molar-refractivity contribution in [2.24, 2.45) is 23.5 Å². The maximum absolute atomic E-state index is 5.75. The molecule has 0 saturated heterocycles. The molecule has 0 aromatic rings. The van der Waals surface area contributed by atoms with Gasteiger partial charge in [-0.2, -0.15) is 0 Å². The average Bonchev–Trinajstić information content (AvgIpc) is 2.05. The minimum atomic E-state index is 0.742. The molecule has 3 atom stereocenters. The molecule has 0 aromatic heterocycles. The summed E-state index contributed by atoms with van der Waals surface area (Å²) in [5.74, 6) is 2.43. The van der Waals surface area contributed by atoms with Gasteiger partial charge in [0.1, 0.15) is 0 Å². The Morgan fingerprint density at radius 2 is 2.17 bits per heavy atom. The maximum Gasteiger partial charge on any atom is 0.0273 e. The van der Waals surface area contributed by atoms with Gasteiger partial charge in [-0.1, -0.05) is 25.5 Å². The lowest BCUT2D eigenvalue weighted by atomic mass is 9.73. The minimum Gasteiger partial charge on any atom is -0.399 e. The Morgan fingerprint density at radius 1 is 1.33 bits per heavy atom. The highest BCUT2D eigenvalue weighted by atomic mass is 14.6. The van der Waals surface area contributed by atoms with E-state index in [1.54, 1.807) is 0 Å². The fraction of sp³-hybridized carbons (Fsp3) is 0.636. The summed E-state index contributed by atoms with van der Waals surface area (Å²) in [4.78, 5) is 0. The summed E-state index contributed by atoms with van der Waals surface area (Å²) in [5, 5.41) is 0. The lowest BCUT2D eigenvalue weighted by Gasteiger charge is -2.33. The van der Waals surface area contributed by atoms with E-state index in [0.717, 1.165) is 23.5 Å². The van der Waals surface area contributed by atoms with Crippen LogP contribution in [0.15, 0.2) is 23.9 Å². The van der Waals surface area contributed by atoms with E-state index in [2.05, 4.69) is 25.2 Å². The van der Waals surface area contributed by atoms with Crippen molar-refractivity contribution >= 4 is 0 Å². The van der Waals surface area contributed by atoms with Crippen molar-refractivity contribution < 1.29 is 0 Å². The molecule has 2 aliphatic rings. The topological polar surface area (TPSA) is 26.0 Å². The lowest BCUT2D eigenvalue weighted by Crippen LogP contribution is -2.23. The summed E-state index contributed by atoms with van der Waals surface area (Å²) in [5.41, 5.74) is 6.71. The van der Waals surface area contributed by atoms with E-state index in [-0.39, 0.29) is 0 Å². The van der Waals surface area contributed by atoms with Crippen LogP contribution in [0.5, 0.6) is 0 Å². The van der Waals surface area contributed by atoms with Gasteiger partial charge in [0.2, 0.25) is 0 Å². The van der Waals surface area contributed by atoms with Crippen molar-refractivity contribution in [3.8, 4) is 0 Å². The summed E-state index contributed by atoms with van der Waals surface area (Å²) < 4.78 is 0. The number of hydrogen-bond acceptors (Lipinski definition) is 1. The molecule has 0 radical (unpaired) electrons. The highest BCUT2D eigenvalue weighted by Gasteiger charge is 2.26. The second kappa shape index (κ2) is 2.96. The molecule has 1 nitrogen and oxygen atoms in total. The Hall–Kier alpha value is -0.720. The smallest absolute Gasteiger partial charge is 0.0273 e. The fourth-order valence-corrected chi connectivity index (χ4v) is 2.41. The highest BCUT2D eigenvalue weighted by Crippen LogP contribution is 2.37. The molecule has 2 aliphatic carbocycles. The molecule has 2 N–H and O–H groups in total. The van der Waals surface area contributed by atoms with E-state index in [9.17, 15) is 0 Å². The molecule has 0 spiro atoms. The molecule has 1 heteroatoms. The molecule has 2 unspecified atom stereocenters. The SMILES string of the molecule is CC1CCC2C=C(N)C=C[C@H]2C1. The van der Waals surface area contributed by atoms with E-state index in [1.807, 2.05) is 0 Å². The maximum atomic E-state index is 5.75. The van der Waals surface area contributed by atoms with E-state index >= 15 is 0 Å². The van der Waals surface area contributed by atoms with E-state index in [4.69, 9.17) is 5.73 Å². The van der Waals surface area contributed by atoms with Crippen LogP contribution in [0.25, 0.3) is 0 Å². The third-order valence-electron chi connectivity index (χ3n) is 3.16. The molecule has 66 valence electrons. The quantitative estimate of drug-likeness (QED) is 0.583. The molecule has 0 aliphatic heterocycles. The van der Waals surface area contributed by atoms with Gasteiger partial charge in [0.05, 0.1) is 0 Å². The van der Waals surface area contributed by atoms with Crippen LogP contribution in [0.2, 0.25) is 0 Å². The first-order valence-electron chi connectivity index (χ1n) is 4.91. The Kier molecular flexibility index (Phi) is 1.95. The third kappa shape index (κ3) is 1.40. The van der Waals surface area contributed by atoms with Gasteiger partial charge >= 0.3 is 0 Å². The predicted octanol–water partition coefficient (Wildman–Crippen LogP) is 2.45. The molecular weight excluding hydrogens is 146 g/mol. The van der Waals surface area contributed by atoms with Gasteiger partial charge < -0.3 is 5.73 Å². The molecule has 0 aromatic carbocycles. The van der Waals surface area contributed by atoms with Crippen LogP contribution in [-0.2, 0) is 0 Å². The van der Waals surface area contributed by atoms with Gasteiger partial charge in [0.15, 0.2) is 0 Å². The first-order valence-corrected chi connectivity index (χ1v) is 4.91. The fourth-order valence-electron chi connectivity index (χ4n) is 2.41. The van der Waals surface area contributed by atoms with Crippen molar-refractivity contribution in [2.45, 2.75) is 26.2 Å². The van der Waals surface area contributed by atoms with E-state index < -0.39 is 0 Å². The van der Waals surface area contributed by atoms with Crippen molar-refractivity contribution in [1.29, 1.82) is 0 Å². The number of nitrogens with two attached hydrogens (primary N) is 1. The van der Waals surface area contributed by atoms with Gasteiger partial charge in [-0.15, -0.1) is 0 Å². The van der Waals surface area contributed by atoms with Gasteiger partial charge in [-0.3, -0.25) is 0 Å². The molecule has 1 fully saturated rings. The highest BCUT2D eigenvalue weighted by molar-refractivity contribution is 5.23. The lowest BCUT2D eigenvalue weighted by molar-refractivity contribution is 0.263. The first-order chi connectivity index (χ1) is 5.75. The van der Waals surface area contributed by atoms with Crippen LogP contribution >= 0.6 is 0 Å². The van der Waals surface area contributed by atoms with Gasteiger partial charge in [0, 0.05) is 5.70 Å². The summed E-state index contributed by atoms with van der Waals surface area (Å²) in [6, 6.07) is 0. The zero-order chi connectivity index (χ0) is 8.55. The van der Waals surface area contributed by atoms with Crippen molar-refractivity contribution in [1.82, 2.24) is 0 Å². The molecule has 12 heavy (non-hydrogen) atoms. The second-order valence-electron chi connectivity index (χ2n) is 4.27. The molecule has 0 bridgehead atoms. The average molecular weight is 163 g/mol. The third-order valence-corrected chi connectivity index (χ3v) is 3.16. The Bertz CT molecular complexity index is 227. The second-order valence-corrected chi connectivity index (χ2v) is 4.27. The first kappa shape index (κ1) is 7.90. The normalized spacial score (nSPS) is 40.4. The Balaban J connectivity index is 2.10. The van der Waals surface area contributed by atoms with E-state index in [1.165, 1.54) is 19.3 Å². The van der Waals surface area contributed by atoms with Crippen molar-refractivity contribution in [3.05, 3.63) is 23.9 Å². The van der Waals surface area contributed by atoms with Crippen LogP contribution in [0.4, 0.5) is 0 Å². The summed E-state index contributed by atoms with van der Waals surface area (Å²) in [6.45, 7) is 2.35.